The number of carbonyl (C=O) groups excluding carboxylic acids is 2. The lowest BCUT2D eigenvalue weighted by atomic mass is 9.82. The van der Waals surface area contributed by atoms with Crippen molar-refractivity contribution in [1.29, 1.82) is 0 Å². The maximum absolute atomic E-state index is 13.1. The molecule has 0 saturated carbocycles. The van der Waals surface area contributed by atoms with Crippen LogP contribution in [-0.2, 0) is 9.59 Å². The van der Waals surface area contributed by atoms with Crippen LogP contribution in [0.4, 0.5) is 0 Å². The number of hydrogen-bond donors (Lipinski definition) is 0. The number of benzene rings is 1. The molecule has 0 aliphatic heterocycles. The van der Waals surface area contributed by atoms with Crippen molar-refractivity contribution in [2.45, 2.75) is 18.9 Å². The molecule has 0 aromatic heterocycles. The van der Waals surface area contributed by atoms with Gasteiger partial charge in [-0.1, -0.05) is 78.9 Å². The Hall–Kier alpha value is -3.66. The molecule has 4 aliphatic carbocycles. The van der Waals surface area contributed by atoms with Crippen LogP contribution in [0.5, 0.6) is 0 Å². The summed E-state index contributed by atoms with van der Waals surface area (Å²) in [6.45, 7) is 0.314. The highest BCUT2D eigenvalue weighted by Gasteiger charge is 2.30. The highest BCUT2D eigenvalue weighted by molar-refractivity contribution is 6.47. The van der Waals surface area contributed by atoms with E-state index in [2.05, 4.69) is 4.99 Å². The van der Waals surface area contributed by atoms with E-state index in [1.807, 2.05) is 85.0 Å². The van der Waals surface area contributed by atoms with Crippen LogP contribution in [0.25, 0.3) is 0 Å². The van der Waals surface area contributed by atoms with Gasteiger partial charge in [0.2, 0.25) is 0 Å². The van der Waals surface area contributed by atoms with E-state index < -0.39 is 0 Å². The summed E-state index contributed by atoms with van der Waals surface area (Å²) in [5, 5.41) is 0. The highest BCUT2D eigenvalue weighted by Crippen LogP contribution is 2.29. The summed E-state index contributed by atoms with van der Waals surface area (Å²) in [5.74, 6) is -0.189. The van der Waals surface area contributed by atoms with Crippen LogP contribution < -0.4 is 0 Å². The lowest BCUT2D eigenvalue weighted by Gasteiger charge is -2.23. The minimum absolute atomic E-state index is 0.0501. The molecule has 4 aliphatic rings. The molecule has 3 atom stereocenters. The van der Waals surface area contributed by atoms with Crippen LogP contribution in [0, 0.1) is 11.8 Å². The van der Waals surface area contributed by atoms with Gasteiger partial charge in [-0.3, -0.25) is 19.6 Å². The van der Waals surface area contributed by atoms with E-state index in [1.54, 1.807) is 6.08 Å². The van der Waals surface area contributed by atoms with Crippen LogP contribution in [-0.4, -0.2) is 29.5 Å². The predicted octanol–water partition coefficient (Wildman–Crippen LogP) is 4.89. The number of ketones is 2. The van der Waals surface area contributed by atoms with Gasteiger partial charge in [-0.2, -0.15) is 0 Å². The van der Waals surface area contributed by atoms with E-state index in [1.165, 1.54) is 0 Å². The van der Waals surface area contributed by atoms with Gasteiger partial charge in [0, 0.05) is 0 Å². The Morgan fingerprint density at radius 1 is 0.781 bits per heavy atom. The Balaban J connectivity index is 1.44. The zero-order valence-corrected chi connectivity index (χ0v) is 17.7. The molecule has 0 amide bonds. The van der Waals surface area contributed by atoms with Crippen LogP contribution in [0.3, 0.4) is 0 Å². The van der Waals surface area contributed by atoms with Crippen molar-refractivity contribution in [2.75, 3.05) is 6.54 Å². The molecular formula is C28H24N2O2. The summed E-state index contributed by atoms with van der Waals surface area (Å²) >= 11 is 0. The first-order valence-electron chi connectivity index (χ1n) is 11.1. The average molecular weight is 421 g/mol. The van der Waals surface area contributed by atoms with E-state index >= 15 is 0 Å². The van der Waals surface area contributed by atoms with Crippen molar-refractivity contribution < 1.29 is 9.59 Å². The summed E-state index contributed by atoms with van der Waals surface area (Å²) in [5.41, 5.74) is 4.01. The Bertz CT molecular complexity index is 1190. The van der Waals surface area contributed by atoms with Crippen molar-refractivity contribution in [3.05, 3.63) is 108 Å². The molecule has 0 fully saturated rings. The maximum atomic E-state index is 13.1. The van der Waals surface area contributed by atoms with E-state index in [-0.39, 0.29) is 29.4 Å². The molecular weight excluding hydrogens is 396 g/mol. The zero-order valence-electron chi connectivity index (χ0n) is 17.7. The van der Waals surface area contributed by atoms with Crippen LogP contribution in [0.15, 0.2) is 112 Å². The van der Waals surface area contributed by atoms with Crippen LogP contribution >= 0.6 is 0 Å². The van der Waals surface area contributed by atoms with Gasteiger partial charge in [-0.15, -0.1) is 0 Å². The molecule has 0 spiro atoms. The van der Waals surface area contributed by atoms with Gasteiger partial charge in [0.1, 0.15) is 11.4 Å². The Morgan fingerprint density at radius 2 is 1.38 bits per heavy atom. The van der Waals surface area contributed by atoms with Gasteiger partial charge in [0.15, 0.2) is 11.6 Å². The van der Waals surface area contributed by atoms with Gasteiger partial charge >= 0.3 is 0 Å². The number of nitrogens with zero attached hydrogens (tertiary/aromatic N) is 2. The van der Waals surface area contributed by atoms with Crippen molar-refractivity contribution in [2.24, 2.45) is 21.8 Å². The van der Waals surface area contributed by atoms with E-state index in [9.17, 15) is 9.59 Å². The average Bonchev–Trinajstić information content (AvgIpc) is 2.85. The molecule has 32 heavy (non-hydrogen) atoms. The van der Waals surface area contributed by atoms with Crippen molar-refractivity contribution >= 4 is 23.0 Å². The van der Waals surface area contributed by atoms with Crippen molar-refractivity contribution in [3.63, 3.8) is 0 Å². The predicted molar refractivity (Wildman–Crippen MR) is 128 cm³/mol. The number of carbonyl (C=O) groups is 2. The molecule has 0 heterocycles. The third-order valence-corrected chi connectivity index (χ3v) is 6.32. The second kappa shape index (κ2) is 8.83. The minimum atomic E-state index is -0.332. The molecule has 158 valence electrons. The minimum Gasteiger partial charge on any atom is -0.292 e. The number of aliphatic imine (C=N–C) groups is 2. The Morgan fingerprint density at radius 3 is 2.03 bits per heavy atom. The van der Waals surface area contributed by atoms with E-state index in [4.69, 9.17) is 4.99 Å². The molecule has 1 aromatic carbocycles. The SMILES string of the molecule is O=C1C(=NC[C@@H](N=C2C=CC3=CC=CCC3C2=O)c2ccccc2)C=CC2=CC=CCC12. The Kier molecular flexibility index (Phi) is 5.59. The topological polar surface area (TPSA) is 58.9 Å². The van der Waals surface area contributed by atoms with Crippen LogP contribution in [0.2, 0.25) is 0 Å². The number of allylic oxidation sites excluding steroid dienone is 12. The molecule has 0 bridgehead atoms. The first-order chi connectivity index (χ1) is 15.7. The second-order valence-electron chi connectivity index (χ2n) is 8.33. The molecule has 0 saturated heterocycles. The normalized spacial score (nSPS) is 27.2. The van der Waals surface area contributed by atoms with Gasteiger partial charge in [0.25, 0.3) is 0 Å². The number of fused-ring (bicyclic) bond motifs is 2. The third-order valence-electron chi connectivity index (χ3n) is 6.32. The molecule has 2 unspecified atom stereocenters. The van der Waals surface area contributed by atoms with Crippen LogP contribution in [0.1, 0.15) is 24.4 Å². The summed E-state index contributed by atoms with van der Waals surface area (Å²) in [6.07, 6.45) is 21.0. The van der Waals surface area contributed by atoms with E-state index in [0.29, 0.717) is 30.8 Å². The summed E-state index contributed by atoms with van der Waals surface area (Å²) in [7, 11) is 0. The third kappa shape index (κ3) is 3.96. The lowest BCUT2D eigenvalue weighted by molar-refractivity contribution is -0.116. The standard InChI is InChI=1S/C28H24N2O2/c31-27-22-12-6-4-8-19(22)14-16-24(27)29-18-26(21-10-2-1-3-11-21)30-25-17-15-20-9-5-7-13-23(20)28(25)32/h1-11,14-17,22-23,26H,12-13,18H2/t22?,23?,26-/m1/s1. The number of Topliss-reactive ketones (excluding diaryl/α,β-unsaturated/α-hetero) is 2. The first kappa shape index (κ1) is 20.3. The fourth-order valence-electron chi connectivity index (χ4n) is 4.51. The fraction of sp³-hybridized carbons (Fsp3) is 0.214. The second-order valence-corrected chi connectivity index (χ2v) is 8.33. The summed E-state index contributed by atoms with van der Waals surface area (Å²) in [6, 6.07) is 9.52. The molecule has 4 nitrogen and oxygen atoms in total. The van der Waals surface area contributed by atoms with Gasteiger partial charge in [-0.25, -0.2) is 0 Å². The fourth-order valence-corrected chi connectivity index (χ4v) is 4.51. The van der Waals surface area contributed by atoms with E-state index in [0.717, 1.165) is 16.7 Å². The lowest BCUT2D eigenvalue weighted by Crippen LogP contribution is -2.29. The zero-order chi connectivity index (χ0) is 21.9. The molecule has 0 N–H and O–H groups in total. The largest absolute Gasteiger partial charge is 0.292 e. The van der Waals surface area contributed by atoms with Crippen molar-refractivity contribution in [3.8, 4) is 0 Å². The summed E-state index contributed by atoms with van der Waals surface area (Å²) in [4.78, 5) is 35.5. The van der Waals surface area contributed by atoms with Gasteiger partial charge < -0.3 is 0 Å². The first-order valence-corrected chi connectivity index (χ1v) is 11.1. The van der Waals surface area contributed by atoms with Crippen molar-refractivity contribution in [1.82, 2.24) is 0 Å². The highest BCUT2D eigenvalue weighted by atomic mass is 16.1. The molecule has 4 heteroatoms. The summed E-state index contributed by atoms with van der Waals surface area (Å²) < 4.78 is 0. The molecule has 0 radical (unpaired) electrons. The number of rotatable bonds is 4. The Labute approximate surface area is 187 Å². The smallest absolute Gasteiger partial charge is 0.188 e. The van der Waals surface area contributed by atoms with Gasteiger partial charge in [-0.05, 0) is 41.7 Å². The monoisotopic (exact) mass is 420 g/mol. The molecule has 1 aromatic rings. The quantitative estimate of drug-likeness (QED) is 0.696. The number of hydrogen-bond acceptors (Lipinski definition) is 4. The maximum Gasteiger partial charge on any atom is 0.188 e. The van der Waals surface area contributed by atoms with Gasteiger partial charge in [0.05, 0.1) is 24.4 Å². The molecule has 5 rings (SSSR count).